The van der Waals surface area contributed by atoms with Gasteiger partial charge in [-0.25, -0.2) is 8.42 Å². The second-order valence-electron chi connectivity index (χ2n) is 9.51. The molecule has 0 aliphatic carbocycles. The van der Waals surface area contributed by atoms with Gasteiger partial charge in [0, 0.05) is 25.0 Å². The van der Waals surface area contributed by atoms with Gasteiger partial charge in [-0.3, -0.25) is 0 Å². The molecular formula is C26H31N3O2S. The Labute approximate surface area is 191 Å². The Morgan fingerprint density at radius 1 is 0.906 bits per heavy atom. The molecule has 6 heteroatoms. The van der Waals surface area contributed by atoms with Gasteiger partial charge in [-0.2, -0.15) is 4.31 Å². The van der Waals surface area contributed by atoms with Crippen LogP contribution in [0.1, 0.15) is 46.4 Å². The molecule has 0 saturated carbocycles. The molecule has 3 aromatic rings. The first-order valence-electron chi connectivity index (χ1n) is 11.3. The molecule has 2 aliphatic heterocycles. The van der Waals surface area contributed by atoms with E-state index in [1.54, 1.807) is 4.31 Å². The quantitative estimate of drug-likeness (QED) is 0.590. The first kappa shape index (κ1) is 21.3. The van der Waals surface area contributed by atoms with Crippen molar-refractivity contribution in [1.29, 1.82) is 0 Å². The smallest absolute Gasteiger partial charge is 0.243 e. The monoisotopic (exact) mass is 449 g/mol. The number of aromatic nitrogens is 1. The van der Waals surface area contributed by atoms with Gasteiger partial charge in [0.15, 0.2) is 0 Å². The largest absolute Gasteiger partial charge is 0.372 e. The van der Waals surface area contributed by atoms with Crippen LogP contribution in [0.25, 0.3) is 5.69 Å². The van der Waals surface area contributed by atoms with Crippen molar-refractivity contribution in [2.45, 2.75) is 57.9 Å². The second kappa shape index (κ2) is 7.22. The van der Waals surface area contributed by atoms with Crippen LogP contribution in [0.2, 0.25) is 0 Å². The topological polar surface area (TPSA) is 54.3 Å². The normalized spacial score (nSPS) is 17.7. The van der Waals surface area contributed by atoms with E-state index < -0.39 is 10.0 Å². The highest BCUT2D eigenvalue weighted by atomic mass is 32.2. The van der Waals surface area contributed by atoms with E-state index in [1.165, 1.54) is 22.5 Å². The van der Waals surface area contributed by atoms with Gasteiger partial charge < -0.3 is 9.88 Å². The molecule has 168 valence electrons. The van der Waals surface area contributed by atoms with Crippen molar-refractivity contribution in [1.82, 2.24) is 8.87 Å². The van der Waals surface area contributed by atoms with Crippen LogP contribution < -0.4 is 5.32 Å². The summed E-state index contributed by atoms with van der Waals surface area (Å²) in [6.45, 7) is 11.1. The number of fused-ring (bicyclic) bond motifs is 4. The Kier molecular flexibility index (Phi) is 4.80. The molecule has 32 heavy (non-hydrogen) atoms. The number of sulfonamides is 1. The standard InChI is InChI=1S/C26H31N3O2S/c1-17-15-19(3)25(20(4)16-17)32(30,31)28-13-10-26(11-14-28)23-7-6-12-29(23)24-21(5)18(2)8-9-22(24)27-26/h6-9,12,15-16,27H,10-11,13-14H2,1-5H3. The van der Waals surface area contributed by atoms with Crippen LogP contribution in [-0.2, 0) is 15.6 Å². The van der Waals surface area contributed by atoms with Crippen LogP contribution in [0.5, 0.6) is 0 Å². The average Bonchev–Trinajstić information content (AvgIpc) is 3.21. The van der Waals surface area contributed by atoms with E-state index in [4.69, 9.17) is 0 Å². The molecule has 1 aromatic heterocycles. The van der Waals surface area contributed by atoms with Gasteiger partial charge in [0.05, 0.1) is 21.8 Å². The number of hydrogen-bond acceptors (Lipinski definition) is 3. The van der Waals surface area contributed by atoms with Crippen LogP contribution in [0.4, 0.5) is 5.69 Å². The van der Waals surface area contributed by atoms with E-state index in [9.17, 15) is 8.42 Å². The highest BCUT2D eigenvalue weighted by Gasteiger charge is 2.44. The Morgan fingerprint density at radius 2 is 1.56 bits per heavy atom. The summed E-state index contributed by atoms with van der Waals surface area (Å²) in [4.78, 5) is 0.468. The molecule has 1 N–H and O–H groups in total. The number of nitrogens with zero attached hydrogens (tertiary/aromatic N) is 2. The fourth-order valence-corrected chi connectivity index (χ4v) is 7.55. The molecule has 0 amide bonds. The minimum absolute atomic E-state index is 0.262. The maximum atomic E-state index is 13.6. The van der Waals surface area contributed by atoms with E-state index in [0.717, 1.165) is 35.2 Å². The lowest BCUT2D eigenvalue weighted by Gasteiger charge is -2.46. The Bertz CT molecular complexity index is 1310. The van der Waals surface area contributed by atoms with Gasteiger partial charge in [0.1, 0.15) is 0 Å². The van der Waals surface area contributed by atoms with Crippen molar-refractivity contribution in [3.05, 3.63) is 76.1 Å². The summed E-state index contributed by atoms with van der Waals surface area (Å²) in [5, 5.41) is 3.82. The van der Waals surface area contributed by atoms with Gasteiger partial charge in [-0.05, 0) is 87.9 Å². The predicted molar refractivity (Wildman–Crippen MR) is 129 cm³/mol. The fraction of sp³-hybridized carbons (Fsp3) is 0.385. The van der Waals surface area contributed by atoms with Crippen LogP contribution >= 0.6 is 0 Å². The van der Waals surface area contributed by atoms with Crippen molar-refractivity contribution < 1.29 is 8.42 Å². The van der Waals surface area contributed by atoms with E-state index in [0.29, 0.717) is 18.0 Å². The number of nitrogens with one attached hydrogen (secondary N) is 1. The molecule has 5 nitrogen and oxygen atoms in total. The van der Waals surface area contributed by atoms with Crippen LogP contribution in [0.3, 0.4) is 0 Å². The van der Waals surface area contributed by atoms with Crippen molar-refractivity contribution in [3.63, 3.8) is 0 Å². The molecule has 1 spiro atoms. The predicted octanol–water partition coefficient (Wildman–Crippen LogP) is 5.12. The van der Waals surface area contributed by atoms with E-state index in [-0.39, 0.29) is 5.54 Å². The number of hydrogen-bond donors (Lipinski definition) is 1. The SMILES string of the molecule is Cc1cc(C)c(S(=O)(=O)N2CCC3(CC2)Nc2ccc(C)c(C)c2-n2cccc23)c(C)c1. The summed E-state index contributed by atoms with van der Waals surface area (Å²) in [7, 11) is -3.53. The number of rotatable bonds is 2. The summed E-state index contributed by atoms with van der Waals surface area (Å²) in [6.07, 6.45) is 3.59. The Hall–Kier alpha value is -2.57. The lowest BCUT2D eigenvalue weighted by Crippen LogP contribution is -2.51. The molecule has 2 aromatic carbocycles. The molecule has 5 rings (SSSR count). The molecule has 1 saturated heterocycles. The van der Waals surface area contributed by atoms with Gasteiger partial charge >= 0.3 is 0 Å². The van der Waals surface area contributed by atoms with Gasteiger partial charge in [-0.15, -0.1) is 0 Å². The third-order valence-corrected chi connectivity index (χ3v) is 9.54. The van der Waals surface area contributed by atoms with Crippen LogP contribution in [-0.4, -0.2) is 30.4 Å². The molecule has 3 heterocycles. The summed E-state index contributed by atoms with van der Waals surface area (Å²) in [5.74, 6) is 0. The zero-order chi connectivity index (χ0) is 22.8. The molecule has 2 aliphatic rings. The Morgan fingerprint density at radius 3 is 2.22 bits per heavy atom. The van der Waals surface area contributed by atoms with Crippen molar-refractivity contribution in [3.8, 4) is 5.69 Å². The minimum atomic E-state index is -3.53. The Balaban J connectivity index is 1.48. The molecule has 0 radical (unpaired) electrons. The summed E-state index contributed by atoms with van der Waals surface area (Å²) < 4.78 is 31.1. The highest BCUT2D eigenvalue weighted by Crippen LogP contribution is 2.45. The maximum absolute atomic E-state index is 13.6. The summed E-state index contributed by atoms with van der Waals surface area (Å²) >= 11 is 0. The van der Waals surface area contributed by atoms with Gasteiger partial charge in [0.25, 0.3) is 0 Å². The summed E-state index contributed by atoms with van der Waals surface area (Å²) in [6, 6.07) is 12.5. The molecule has 1 fully saturated rings. The number of aryl methyl sites for hydroxylation is 4. The molecular weight excluding hydrogens is 418 g/mol. The third kappa shape index (κ3) is 3.04. The lowest BCUT2D eigenvalue weighted by atomic mass is 9.82. The van der Waals surface area contributed by atoms with E-state index >= 15 is 0 Å². The van der Waals surface area contributed by atoms with Crippen molar-refractivity contribution in [2.24, 2.45) is 0 Å². The summed E-state index contributed by atoms with van der Waals surface area (Å²) in [5.41, 5.74) is 8.57. The number of piperidine rings is 1. The lowest BCUT2D eigenvalue weighted by molar-refractivity contribution is 0.247. The van der Waals surface area contributed by atoms with Crippen molar-refractivity contribution in [2.75, 3.05) is 18.4 Å². The first-order chi connectivity index (χ1) is 15.1. The van der Waals surface area contributed by atoms with Gasteiger partial charge in [0.2, 0.25) is 10.0 Å². The highest BCUT2D eigenvalue weighted by molar-refractivity contribution is 7.89. The fourth-order valence-electron chi connectivity index (χ4n) is 5.69. The first-order valence-corrected chi connectivity index (χ1v) is 12.7. The number of benzene rings is 2. The van der Waals surface area contributed by atoms with Crippen LogP contribution in [0, 0.1) is 34.6 Å². The van der Waals surface area contributed by atoms with E-state index in [1.807, 2.05) is 32.9 Å². The minimum Gasteiger partial charge on any atom is -0.372 e. The third-order valence-electron chi connectivity index (χ3n) is 7.33. The maximum Gasteiger partial charge on any atom is 0.243 e. The van der Waals surface area contributed by atoms with Crippen molar-refractivity contribution >= 4 is 15.7 Å². The van der Waals surface area contributed by atoms with Gasteiger partial charge in [-0.1, -0.05) is 23.8 Å². The van der Waals surface area contributed by atoms with Crippen LogP contribution in [0.15, 0.2) is 47.5 Å². The molecule has 0 atom stereocenters. The second-order valence-corrected chi connectivity index (χ2v) is 11.4. The number of anilines is 1. The average molecular weight is 450 g/mol. The van der Waals surface area contributed by atoms with E-state index in [2.05, 4.69) is 54.2 Å². The zero-order valence-corrected chi connectivity index (χ0v) is 20.3. The zero-order valence-electron chi connectivity index (χ0n) is 19.5. The molecule has 0 unspecified atom stereocenters. The molecule has 0 bridgehead atoms.